The van der Waals surface area contributed by atoms with Crippen molar-refractivity contribution in [3.63, 3.8) is 0 Å². The van der Waals surface area contributed by atoms with E-state index in [1.54, 1.807) is 12.1 Å². The van der Waals surface area contributed by atoms with Crippen LogP contribution < -0.4 is 4.74 Å². The van der Waals surface area contributed by atoms with Gasteiger partial charge in [-0.15, -0.1) is 0 Å². The van der Waals surface area contributed by atoms with Crippen LogP contribution in [0.4, 0.5) is 0 Å². The average Bonchev–Trinajstić information content (AvgIpc) is 3.59. The van der Waals surface area contributed by atoms with E-state index in [1.807, 2.05) is 45.2 Å². The van der Waals surface area contributed by atoms with E-state index in [9.17, 15) is 32.5 Å². The molecule has 14 heteroatoms. The molecule has 9 rings (SSSR count). The molecule has 6 saturated carbocycles. The lowest BCUT2D eigenvalue weighted by Crippen LogP contribution is -2.44. The fourth-order valence-electron chi connectivity index (χ4n) is 10.1. The Morgan fingerprint density at radius 3 is 2.22 bits per heavy atom. The molecule has 0 aromatic heterocycles. The van der Waals surface area contributed by atoms with Gasteiger partial charge in [0, 0.05) is 19.0 Å². The number of esters is 3. The van der Waals surface area contributed by atoms with Crippen LogP contribution in [0.25, 0.3) is 0 Å². The van der Waals surface area contributed by atoms with E-state index in [0.717, 1.165) is 29.3 Å². The number of carbonyl (C=O) groups excluding carboxylic acids is 3. The molecule has 0 amide bonds. The molecule has 2 aromatic carbocycles. The molecule has 6 atom stereocenters. The summed E-state index contributed by atoms with van der Waals surface area (Å²) in [5.74, 6) is -2.64. The van der Waals surface area contributed by atoms with E-state index in [4.69, 9.17) is 14.2 Å². The lowest BCUT2D eigenvalue weighted by molar-refractivity contribution is -0.149. The maximum atomic E-state index is 13.9. The normalized spacial score (nSPS) is 36.6. The second kappa shape index (κ2) is 11.4. The summed E-state index contributed by atoms with van der Waals surface area (Å²) < 4.78 is 54.4. The van der Waals surface area contributed by atoms with Crippen LogP contribution in [0, 0.1) is 58.1 Å². The van der Waals surface area contributed by atoms with Gasteiger partial charge < -0.3 is 19.3 Å². The highest BCUT2D eigenvalue weighted by Gasteiger charge is 2.70. The number of fused-ring (bicyclic) bond motifs is 1. The Bertz CT molecular complexity index is 1760. The molecule has 6 bridgehead atoms. The van der Waals surface area contributed by atoms with Gasteiger partial charge >= 0.3 is 17.9 Å². The lowest BCUT2D eigenvalue weighted by Gasteiger charge is -2.54. The van der Waals surface area contributed by atoms with Gasteiger partial charge in [-0.2, -0.15) is 8.42 Å². The van der Waals surface area contributed by atoms with E-state index >= 15 is 0 Å². The van der Waals surface area contributed by atoms with Crippen molar-refractivity contribution in [2.45, 2.75) is 61.5 Å². The van der Waals surface area contributed by atoms with Crippen LogP contribution >= 0.6 is 67.8 Å². The van der Waals surface area contributed by atoms with Crippen LogP contribution in [0.1, 0.15) is 60.4 Å². The van der Waals surface area contributed by atoms with Gasteiger partial charge in [0.15, 0.2) is 0 Å². The smallest absolute Gasteiger partial charge is 0.343 e. The fourth-order valence-corrected chi connectivity index (χ4v) is 13.2. The molecule has 7 fully saturated rings. The second-order valence-corrected chi connectivity index (χ2v) is 18.6. The zero-order chi connectivity index (χ0) is 32.4. The van der Waals surface area contributed by atoms with Gasteiger partial charge in [0.25, 0.3) is 10.1 Å². The third kappa shape index (κ3) is 5.03. The van der Waals surface area contributed by atoms with Crippen LogP contribution in [0.15, 0.2) is 29.2 Å². The van der Waals surface area contributed by atoms with Crippen LogP contribution in [0.3, 0.4) is 0 Å². The Labute approximate surface area is 306 Å². The summed E-state index contributed by atoms with van der Waals surface area (Å²) in [5, 5.41) is 10.7. The first kappa shape index (κ1) is 32.0. The first-order valence-electron chi connectivity index (χ1n) is 15.4. The van der Waals surface area contributed by atoms with Crippen molar-refractivity contribution in [1.82, 2.24) is 0 Å². The van der Waals surface area contributed by atoms with Crippen LogP contribution in [0.2, 0.25) is 0 Å². The summed E-state index contributed by atoms with van der Waals surface area (Å²) in [4.78, 5) is 40.2. The molecule has 6 aliphatic carbocycles. The number of carbonyl (C=O) groups is 3. The molecule has 6 unspecified atom stereocenters. The number of hydrogen-bond acceptors (Lipinski definition) is 9. The van der Waals surface area contributed by atoms with E-state index in [1.165, 1.54) is 18.6 Å². The Kier molecular flexibility index (Phi) is 7.93. The van der Waals surface area contributed by atoms with Crippen molar-refractivity contribution in [3.05, 3.63) is 46.1 Å². The average molecular weight is 986 g/mol. The van der Waals surface area contributed by atoms with Gasteiger partial charge in [0.1, 0.15) is 29.3 Å². The van der Waals surface area contributed by atoms with Gasteiger partial charge in [-0.25, -0.2) is 4.79 Å². The predicted octanol–water partition coefficient (Wildman–Crippen LogP) is 5.93. The van der Waals surface area contributed by atoms with Crippen molar-refractivity contribution >= 4 is 95.8 Å². The zero-order valence-corrected chi connectivity index (χ0v) is 31.4. The standard InChI is InChI=1S/C32H29I3O10S/c33-19-10-20(34)27(36)25(26(19)35)32(39)45-29-17-9-18-24(31(38)44-28(18)29)23(17)30(37)43-15-1-2-21(46(40,41)42)16(8-15)22-13-4-11-3-12(6-13)7-14(22)5-11/h1-2,8,10-14,17-18,22-24,28-29,36H,3-7,9H2,(H,40,41,42). The number of ether oxygens (including phenoxy) is 3. The highest BCUT2D eigenvalue weighted by Crippen LogP contribution is 2.61. The molecule has 1 saturated heterocycles. The molecular formula is C32H29I3O10S. The fraction of sp³-hybridized carbons (Fsp3) is 0.531. The number of rotatable bonds is 6. The van der Waals surface area contributed by atoms with Gasteiger partial charge in [-0.3, -0.25) is 14.1 Å². The van der Waals surface area contributed by atoms with Gasteiger partial charge in [0.05, 0.1) is 20.3 Å². The SMILES string of the molecule is O=C(OC1C2CC3C1OC(=O)C3C2C(=O)Oc1ccc(S(=O)(=O)O)c(C2C3CC4CC(C3)CC2C4)c1)c1c(O)c(I)cc(I)c1I. The quantitative estimate of drug-likeness (QED) is 0.117. The minimum atomic E-state index is -4.52. The van der Waals surface area contributed by atoms with Crippen LogP contribution in [-0.2, 0) is 29.2 Å². The maximum Gasteiger partial charge on any atom is 0.343 e. The highest BCUT2D eigenvalue weighted by molar-refractivity contribution is 14.1. The van der Waals surface area contributed by atoms with Crippen LogP contribution in [-0.4, -0.2) is 48.2 Å². The van der Waals surface area contributed by atoms with Crippen molar-refractivity contribution in [2.24, 2.45) is 47.3 Å². The molecule has 2 N–H and O–H groups in total. The summed E-state index contributed by atoms with van der Waals surface area (Å²) in [6.07, 6.45) is 4.21. The molecule has 0 radical (unpaired) electrons. The summed E-state index contributed by atoms with van der Waals surface area (Å²) in [6, 6.07) is 6.00. The summed E-state index contributed by atoms with van der Waals surface area (Å²) in [6.45, 7) is 0. The lowest BCUT2D eigenvalue weighted by atomic mass is 9.51. The van der Waals surface area contributed by atoms with Gasteiger partial charge in [-0.05, 0) is 166 Å². The molecule has 1 heterocycles. The van der Waals surface area contributed by atoms with E-state index < -0.39 is 58.0 Å². The minimum Gasteiger partial charge on any atom is -0.506 e. The van der Waals surface area contributed by atoms with Crippen molar-refractivity contribution in [1.29, 1.82) is 0 Å². The number of halogens is 3. The predicted molar refractivity (Wildman–Crippen MR) is 186 cm³/mol. The molecule has 46 heavy (non-hydrogen) atoms. The number of phenolic OH excluding ortho intramolecular Hbond substituents is 1. The Hall–Kier alpha value is -1.25. The highest BCUT2D eigenvalue weighted by atomic mass is 127. The molecule has 1 aliphatic heterocycles. The third-order valence-electron chi connectivity index (χ3n) is 11.5. The van der Waals surface area contributed by atoms with E-state index in [-0.39, 0.29) is 33.8 Å². The maximum absolute atomic E-state index is 13.9. The molecule has 244 valence electrons. The topological polar surface area (TPSA) is 153 Å². The van der Waals surface area contributed by atoms with Crippen molar-refractivity contribution in [2.75, 3.05) is 0 Å². The van der Waals surface area contributed by atoms with E-state index in [2.05, 4.69) is 22.6 Å². The summed E-state index contributed by atoms with van der Waals surface area (Å²) in [5.41, 5.74) is 0.513. The Morgan fingerprint density at radius 2 is 1.57 bits per heavy atom. The number of hydrogen-bond donors (Lipinski definition) is 2. The van der Waals surface area contributed by atoms with Gasteiger partial charge in [0.2, 0.25) is 0 Å². The van der Waals surface area contributed by atoms with Crippen molar-refractivity contribution < 1.29 is 46.7 Å². The molecule has 10 nitrogen and oxygen atoms in total. The first-order valence-corrected chi connectivity index (χ1v) is 20.1. The number of aromatic hydroxyl groups is 1. The Morgan fingerprint density at radius 1 is 0.891 bits per heavy atom. The summed E-state index contributed by atoms with van der Waals surface area (Å²) in [7, 11) is -4.52. The van der Waals surface area contributed by atoms with Crippen LogP contribution in [0.5, 0.6) is 11.5 Å². The van der Waals surface area contributed by atoms with Gasteiger partial charge in [-0.1, -0.05) is 0 Å². The van der Waals surface area contributed by atoms with E-state index in [0.29, 0.717) is 42.8 Å². The largest absolute Gasteiger partial charge is 0.506 e. The first-order chi connectivity index (χ1) is 21.8. The molecule has 2 aromatic rings. The molecule has 0 spiro atoms. The number of benzene rings is 2. The zero-order valence-electron chi connectivity index (χ0n) is 24.1. The molecular weight excluding hydrogens is 957 g/mol. The van der Waals surface area contributed by atoms with Crippen molar-refractivity contribution in [3.8, 4) is 11.5 Å². The summed E-state index contributed by atoms with van der Waals surface area (Å²) >= 11 is 5.99. The number of phenols is 1. The Balaban J connectivity index is 1.07. The molecule has 7 aliphatic rings. The third-order valence-corrected chi connectivity index (χ3v) is 16.2. The minimum absolute atomic E-state index is 0.0240. The second-order valence-electron chi connectivity index (χ2n) is 13.8. The monoisotopic (exact) mass is 986 g/mol.